The smallest absolute Gasteiger partial charge is 0.255 e. The molecule has 126 valence electrons. The van der Waals surface area contributed by atoms with E-state index >= 15 is 0 Å². The molecule has 0 saturated heterocycles. The van der Waals surface area contributed by atoms with Gasteiger partial charge >= 0.3 is 0 Å². The van der Waals surface area contributed by atoms with E-state index in [1.54, 1.807) is 47.4 Å². The summed E-state index contributed by atoms with van der Waals surface area (Å²) in [7, 11) is 0. The molecule has 1 N–H and O–H groups in total. The van der Waals surface area contributed by atoms with Crippen LogP contribution in [0.25, 0.3) is 5.69 Å². The Bertz CT molecular complexity index is 910. The van der Waals surface area contributed by atoms with Gasteiger partial charge in [0.1, 0.15) is 25.9 Å². The Morgan fingerprint density at radius 2 is 1.84 bits per heavy atom. The van der Waals surface area contributed by atoms with Crippen LogP contribution in [0.5, 0.6) is 11.5 Å². The molecule has 0 spiro atoms. The molecule has 0 fully saturated rings. The highest BCUT2D eigenvalue weighted by molar-refractivity contribution is 6.34. The summed E-state index contributed by atoms with van der Waals surface area (Å²) in [6.45, 7) is 0.943. The number of hydrogen-bond donors (Lipinski definition) is 1. The zero-order chi connectivity index (χ0) is 17.2. The number of ether oxygens (including phenoxy) is 2. The van der Waals surface area contributed by atoms with Crippen LogP contribution in [0.3, 0.4) is 0 Å². The number of benzene rings is 2. The average molecular weight is 357 g/mol. The van der Waals surface area contributed by atoms with Crippen LogP contribution in [-0.2, 0) is 0 Å². The molecule has 0 unspecified atom stereocenters. The first-order chi connectivity index (χ1) is 12.2. The first kappa shape index (κ1) is 15.5. The Morgan fingerprint density at radius 3 is 2.52 bits per heavy atom. The molecule has 0 saturated carbocycles. The maximum Gasteiger partial charge on any atom is 0.255 e. The minimum Gasteiger partial charge on any atom is -0.486 e. The van der Waals surface area contributed by atoms with E-state index in [9.17, 15) is 4.79 Å². The third-order valence-electron chi connectivity index (χ3n) is 3.69. The van der Waals surface area contributed by atoms with Gasteiger partial charge in [0.15, 0.2) is 11.5 Å². The highest BCUT2D eigenvalue weighted by atomic mass is 35.5. The summed E-state index contributed by atoms with van der Waals surface area (Å²) in [4.78, 5) is 16.3. The molecule has 8 heteroatoms. The number of fused-ring (bicyclic) bond motifs is 1. The van der Waals surface area contributed by atoms with Gasteiger partial charge in [-0.05, 0) is 24.3 Å². The predicted molar refractivity (Wildman–Crippen MR) is 91.8 cm³/mol. The van der Waals surface area contributed by atoms with Crippen LogP contribution in [0.2, 0.25) is 5.02 Å². The van der Waals surface area contributed by atoms with Crippen molar-refractivity contribution in [2.75, 3.05) is 18.5 Å². The Labute approximate surface area is 148 Å². The lowest BCUT2D eigenvalue weighted by molar-refractivity contribution is 0.102. The molecule has 1 aliphatic heterocycles. The summed E-state index contributed by atoms with van der Waals surface area (Å²) >= 11 is 6.22. The Hall–Kier alpha value is -3.06. The molecule has 0 aliphatic carbocycles. The van der Waals surface area contributed by atoms with Gasteiger partial charge in [-0.15, -0.1) is 0 Å². The van der Waals surface area contributed by atoms with Crippen LogP contribution in [0.1, 0.15) is 10.4 Å². The van der Waals surface area contributed by atoms with Crippen molar-refractivity contribution in [3.05, 3.63) is 59.6 Å². The maximum atomic E-state index is 12.5. The first-order valence-electron chi connectivity index (χ1n) is 7.56. The van der Waals surface area contributed by atoms with Crippen LogP contribution in [0.4, 0.5) is 5.69 Å². The number of nitrogens with one attached hydrogen (secondary N) is 1. The molecule has 1 aliphatic rings. The molecule has 2 aromatic carbocycles. The summed E-state index contributed by atoms with van der Waals surface area (Å²) < 4.78 is 12.6. The SMILES string of the molecule is O=C(Nc1cc2c(cc1Cl)OCCO2)c1ccc(-n2cncn2)cc1. The number of nitrogens with zero attached hydrogens (tertiary/aromatic N) is 3. The van der Waals surface area contributed by atoms with Crippen molar-refractivity contribution in [3.8, 4) is 17.2 Å². The van der Waals surface area contributed by atoms with Crippen LogP contribution < -0.4 is 14.8 Å². The van der Waals surface area contributed by atoms with Gasteiger partial charge in [-0.3, -0.25) is 4.79 Å². The first-order valence-corrected chi connectivity index (χ1v) is 7.94. The van der Waals surface area contributed by atoms with Gasteiger partial charge in [0, 0.05) is 17.7 Å². The number of aromatic nitrogens is 3. The van der Waals surface area contributed by atoms with Gasteiger partial charge in [-0.2, -0.15) is 5.10 Å². The largest absolute Gasteiger partial charge is 0.486 e. The molecule has 4 rings (SSSR count). The zero-order valence-electron chi connectivity index (χ0n) is 13.0. The summed E-state index contributed by atoms with van der Waals surface area (Å²) in [6, 6.07) is 10.3. The summed E-state index contributed by atoms with van der Waals surface area (Å²) in [5, 5.41) is 7.22. The molecule has 0 atom stereocenters. The van der Waals surface area contributed by atoms with Crippen molar-refractivity contribution >= 4 is 23.2 Å². The Morgan fingerprint density at radius 1 is 1.12 bits per heavy atom. The van der Waals surface area contributed by atoms with Crippen molar-refractivity contribution in [2.45, 2.75) is 0 Å². The normalized spacial score (nSPS) is 12.7. The summed E-state index contributed by atoms with van der Waals surface area (Å²) in [6.07, 6.45) is 3.04. The van der Waals surface area contributed by atoms with Crippen LogP contribution in [0.15, 0.2) is 49.1 Å². The molecule has 7 nitrogen and oxygen atoms in total. The second-order valence-electron chi connectivity index (χ2n) is 5.32. The van der Waals surface area contributed by atoms with Crippen molar-refractivity contribution in [3.63, 3.8) is 0 Å². The number of amides is 1. The van der Waals surface area contributed by atoms with Crippen molar-refractivity contribution in [2.24, 2.45) is 0 Å². The van der Waals surface area contributed by atoms with E-state index in [4.69, 9.17) is 21.1 Å². The molecular weight excluding hydrogens is 344 g/mol. The minimum absolute atomic E-state index is 0.274. The van der Waals surface area contributed by atoms with Gasteiger partial charge < -0.3 is 14.8 Å². The fourth-order valence-electron chi connectivity index (χ4n) is 2.46. The number of rotatable bonds is 3. The highest BCUT2D eigenvalue weighted by Crippen LogP contribution is 2.38. The molecule has 2 heterocycles. The third kappa shape index (κ3) is 3.14. The number of carbonyl (C=O) groups is 1. The monoisotopic (exact) mass is 356 g/mol. The van der Waals surface area contributed by atoms with E-state index in [2.05, 4.69) is 15.4 Å². The fraction of sp³-hybridized carbons (Fsp3) is 0.118. The molecule has 0 bridgehead atoms. The van der Waals surface area contributed by atoms with Crippen molar-refractivity contribution in [1.29, 1.82) is 0 Å². The van der Waals surface area contributed by atoms with Crippen LogP contribution >= 0.6 is 11.6 Å². The predicted octanol–water partition coefficient (Wildman–Crippen LogP) is 2.94. The van der Waals surface area contributed by atoms with Crippen LogP contribution in [0, 0.1) is 0 Å². The topological polar surface area (TPSA) is 78.3 Å². The van der Waals surface area contributed by atoms with E-state index in [0.29, 0.717) is 41.0 Å². The van der Waals surface area contributed by atoms with Gasteiger partial charge in [0.2, 0.25) is 0 Å². The van der Waals surface area contributed by atoms with Gasteiger partial charge in [0.25, 0.3) is 5.91 Å². The fourth-order valence-corrected chi connectivity index (χ4v) is 2.66. The second-order valence-corrected chi connectivity index (χ2v) is 5.72. The number of halogens is 1. The molecule has 1 amide bonds. The quantitative estimate of drug-likeness (QED) is 0.780. The van der Waals surface area contributed by atoms with Crippen molar-refractivity contribution < 1.29 is 14.3 Å². The van der Waals surface area contributed by atoms with Gasteiger partial charge in [-0.1, -0.05) is 11.6 Å². The van der Waals surface area contributed by atoms with Crippen LogP contribution in [-0.4, -0.2) is 33.9 Å². The average Bonchev–Trinajstić information content (AvgIpc) is 3.17. The number of anilines is 1. The number of hydrogen-bond acceptors (Lipinski definition) is 5. The van der Waals surface area contributed by atoms with E-state index in [0.717, 1.165) is 5.69 Å². The van der Waals surface area contributed by atoms with Gasteiger partial charge in [0.05, 0.1) is 16.4 Å². The zero-order valence-corrected chi connectivity index (χ0v) is 13.7. The second kappa shape index (κ2) is 6.45. The highest BCUT2D eigenvalue weighted by Gasteiger charge is 2.17. The van der Waals surface area contributed by atoms with Crippen molar-refractivity contribution in [1.82, 2.24) is 14.8 Å². The molecule has 0 radical (unpaired) electrons. The number of carbonyl (C=O) groups excluding carboxylic acids is 1. The van der Waals surface area contributed by atoms with E-state index in [-0.39, 0.29) is 5.91 Å². The minimum atomic E-state index is -0.274. The maximum absolute atomic E-state index is 12.5. The Kier molecular flexibility index (Phi) is 3.99. The van der Waals surface area contributed by atoms with E-state index in [1.807, 2.05) is 0 Å². The Balaban J connectivity index is 1.54. The molecule has 25 heavy (non-hydrogen) atoms. The van der Waals surface area contributed by atoms with E-state index < -0.39 is 0 Å². The summed E-state index contributed by atoms with van der Waals surface area (Å²) in [5.41, 5.74) is 1.78. The standard InChI is InChI=1S/C17H13ClN4O3/c18-13-7-15-16(25-6-5-24-15)8-14(13)21-17(23)11-1-3-12(4-2-11)22-10-19-9-20-22/h1-4,7-10H,5-6H2,(H,21,23). The van der Waals surface area contributed by atoms with Gasteiger partial charge in [-0.25, -0.2) is 9.67 Å². The molecule has 3 aromatic rings. The lowest BCUT2D eigenvalue weighted by Gasteiger charge is -2.20. The van der Waals surface area contributed by atoms with E-state index in [1.165, 1.54) is 6.33 Å². The lowest BCUT2D eigenvalue weighted by atomic mass is 10.2. The molecular formula is C17H13ClN4O3. The third-order valence-corrected chi connectivity index (χ3v) is 4.01. The molecule has 1 aromatic heterocycles. The summed E-state index contributed by atoms with van der Waals surface area (Å²) in [5.74, 6) is 0.864. The lowest BCUT2D eigenvalue weighted by Crippen LogP contribution is -2.17.